The van der Waals surface area contributed by atoms with E-state index in [0.29, 0.717) is 40.4 Å². The average molecular weight is 468 g/mol. The molecule has 2 aromatic carbocycles. The number of nitrogens with one attached hydrogen (secondary N) is 1. The molecular formula is C20H25N3O6S2. The van der Waals surface area contributed by atoms with Gasteiger partial charge >= 0.3 is 0 Å². The largest absolute Gasteiger partial charge is 0.497 e. The first-order chi connectivity index (χ1) is 14.6. The number of hydrogen-bond acceptors (Lipinski definition) is 7. The van der Waals surface area contributed by atoms with Crippen LogP contribution in [0.3, 0.4) is 0 Å². The van der Waals surface area contributed by atoms with E-state index in [1.807, 2.05) is 0 Å². The van der Waals surface area contributed by atoms with Gasteiger partial charge < -0.3 is 9.47 Å². The van der Waals surface area contributed by atoms with Crippen molar-refractivity contribution in [1.82, 2.24) is 4.41 Å². The summed E-state index contributed by atoms with van der Waals surface area (Å²) in [6.45, 7) is 1.56. The second-order valence-electron chi connectivity index (χ2n) is 7.00. The fraction of sp³-hybridized carbons (Fsp3) is 0.350. The van der Waals surface area contributed by atoms with E-state index in [2.05, 4.69) is 9.82 Å². The lowest BCUT2D eigenvalue weighted by Crippen LogP contribution is -2.28. The van der Waals surface area contributed by atoms with Crippen molar-refractivity contribution < 1.29 is 26.3 Å². The lowest BCUT2D eigenvalue weighted by atomic mass is 9.98. The zero-order valence-electron chi connectivity index (χ0n) is 17.7. The monoisotopic (exact) mass is 467 g/mol. The molecule has 11 heteroatoms. The summed E-state index contributed by atoms with van der Waals surface area (Å²) >= 11 is 0. The van der Waals surface area contributed by atoms with Crippen LogP contribution in [-0.2, 0) is 20.0 Å². The average Bonchev–Trinajstić information content (AvgIpc) is 3.19. The van der Waals surface area contributed by atoms with Crippen molar-refractivity contribution in [3.05, 3.63) is 53.6 Å². The zero-order chi connectivity index (χ0) is 22.8. The summed E-state index contributed by atoms with van der Waals surface area (Å²) in [7, 11) is -3.99. The van der Waals surface area contributed by atoms with E-state index < -0.39 is 26.1 Å². The SMILES string of the molecule is CCS(=O)(=O)N1N=C(c2ccc(NS(C)(=O)=O)cc2)C[C@H]1c1cc(OC)ccc1OC. The third-order valence-electron chi connectivity index (χ3n) is 4.84. The van der Waals surface area contributed by atoms with E-state index >= 15 is 0 Å². The Bertz CT molecular complexity index is 1190. The second-order valence-corrected chi connectivity index (χ2v) is 10.9. The molecule has 1 atom stereocenters. The lowest BCUT2D eigenvalue weighted by Gasteiger charge is -2.24. The van der Waals surface area contributed by atoms with Gasteiger partial charge in [-0.25, -0.2) is 16.8 Å². The van der Waals surface area contributed by atoms with Crippen LogP contribution in [0.25, 0.3) is 0 Å². The van der Waals surface area contributed by atoms with E-state index in [1.54, 1.807) is 49.4 Å². The van der Waals surface area contributed by atoms with Crippen molar-refractivity contribution in [2.45, 2.75) is 19.4 Å². The van der Waals surface area contributed by atoms with Crippen LogP contribution in [0, 0.1) is 0 Å². The first-order valence-electron chi connectivity index (χ1n) is 9.47. The fourth-order valence-corrected chi connectivity index (χ4v) is 4.96. The minimum absolute atomic E-state index is 0.107. The van der Waals surface area contributed by atoms with Crippen molar-refractivity contribution in [3.63, 3.8) is 0 Å². The molecule has 0 saturated heterocycles. The molecule has 1 N–H and O–H groups in total. The number of ether oxygens (including phenoxy) is 2. The Morgan fingerprint density at radius 2 is 1.74 bits per heavy atom. The van der Waals surface area contributed by atoms with Crippen molar-refractivity contribution in [2.24, 2.45) is 5.10 Å². The molecule has 0 amide bonds. The van der Waals surface area contributed by atoms with Crippen LogP contribution in [-0.4, -0.2) is 53.2 Å². The van der Waals surface area contributed by atoms with Crippen molar-refractivity contribution in [3.8, 4) is 11.5 Å². The summed E-state index contributed by atoms with van der Waals surface area (Å²) < 4.78 is 62.7. The lowest BCUT2D eigenvalue weighted by molar-refractivity contribution is 0.347. The van der Waals surface area contributed by atoms with Crippen LogP contribution >= 0.6 is 0 Å². The highest BCUT2D eigenvalue weighted by Crippen LogP contribution is 2.40. The number of nitrogens with zero attached hydrogens (tertiary/aromatic N) is 2. The number of benzene rings is 2. The summed E-state index contributed by atoms with van der Waals surface area (Å²) in [5, 5.41) is 4.42. The molecule has 0 saturated carbocycles. The van der Waals surface area contributed by atoms with E-state index in [9.17, 15) is 16.8 Å². The minimum Gasteiger partial charge on any atom is -0.497 e. The van der Waals surface area contributed by atoms with Crippen molar-refractivity contribution in [2.75, 3.05) is 31.0 Å². The Balaban J connectivity index is 2.01. The summed E-state index contributed by atoms with van der Waals surface area (Å²) in [5.74, 6) is 1.00. The van der Waals surface area contributed by atoms with E-state index in [1.165, 1.54) is 14.2 Å². The first-order valence-corrected chi connectivity index (χ1v) is 13.0. The molecule has 31 heavy (non-hydrogen) atoms. The van der Waals surface area contributed by atoms with Crippen molar-refractivity contribution >= 4 is 31.4 Å². The maximum Gasteiger partial charge on any atom is 0.250 e. The Morgan fingerprint density at radius 1 is 1.06 bits per heavy atom. The third kappa shape index (κ3) is 5.10. The maximum atomic E-state index is 12.8. The number of anilines is 1. The Hall–Kier alpha value is -2.79. The van der Waals surface area contributed by atoms with Gasteiger partial charge in [-0.1, -0.05) is 12.1 Å². The van der Waals surface area contributed by atoms with E-state index in [4.69, 9.17) is 9.47 Å². The highest BCUT2D eigenvalue weighted by atomic mass is 32.2. The van der Waals surface area contributed by atoms with Gasteiger partial charge in [0.1, 0.15) is 11.5 Å². The molecule has 0 spiro atoms. The predicted molar refractivity (Wildman–Crippen MR) is 120 cm³/mol. The van der Waals surface area contributed by atoms with Gasteiger partial charge in [0.05, 0.1) is 38.0 Å². The Morgan fingerprint density at radius 3 is 2.29 bits per heavy atom. The second kappa shape index (κ2) is 8.75. The molecule has 1 aliphatic heterocycles. The van der Waals surface area contributed by atoms with Crippen LogP contribution in [0.4, 0.5) is 5.69 Å². The number of hydrogen-bond donors (Lipinski definition) is 1. The summed E-state index contributed by atoms with van der Waals surface area (Å²) in [6.07, 6.45) is 1.39. The minimum atomic E-state index is -3.66. The van der Waals surface area contributed by atoms with Crippen LogP contribution in [0.2, 0.25) is 0 Å². The standard InChI is InChI=1S/C20H25N3O6S2/c1-5-31(26,27)23-19(17-12-16(28-2)10-11-20(17)29-3)13-18(21-23)14-6-8-15(9-7-14)22-30(4,24)25/h6-12,19,22H,5,13H2,1-4H3/t19-/m0/s1. The fourth-order valence-electron chi connectivity index (χ4n) is 3.33. The predicted octanol–water partition coefficient (Wildman–Crippen LogP) is 2.58. The maximum absolute atomic E-state index is 12.8. The molecule has 1 aliphatic rings. The van der Waals surface area contributed by atoms with Gasteiger partial charge in [-0.15, -0.1) is 0 Å². The molecule has 0 fully saturated rings. The molecule has 168 valence electrons. The molecule has 0 aromatic heterocycles. The smallest absolute Gasteiger partial charge is 0.250 e. The highest BCUT2D eigenvalue weighted by molar-refractivity contribution is 7.92. The van der Waals surface area contributed by atoms with Gasteiger partial charge in [0.15, 0.2) is 0 Å². The summed E-state index contributed by atoms with van der Waals surface area (Å²) in [6, 6.07) is 11.2. The molecule has 3 rings (SSSR count). The Labute approximate surface area is 182 Å². The topological polar surface area (TPSA) is 114 Å². The normalized spacial score (nSPS) is 16.7. The van der Waals surface area contributed by atoms with Crippen LogP contribution < -0.4 is 14.2 Å². The number of rotatable bonds is 8. The Kier molecular flexibility index (Phi) is 6.46. The van der Waals surface area contributed by atoms with Crippen LogP contribution in [0.5, 0.6) is 11.5 Å². The summed E-state index contributed by atoms with van der Waals surface area (Å²) in [5.41, 5.74) is 2.32. The number of hydrazone groups is 1. The summed E-state index contributed by atoms with van der Waals surface area (Å²) in [4.78, 5) is 0. The zero-order valence-corrected chi connectivity index (χ0v) is 19.3. The van der Waals surface area contributed by atoms with Gasteiger partial charge in [0.2, 0.25) is 20.0 Å². The van der Waals surface area contributed by atoms with Crippen LogP contribution in [0.15, 0.2) is 47.6 Å². The molecule has 0 unspecified atom stereocenters. The van der Waals surface area contributed by atoms with Gasteiger partial charge in [-0.2, -0.15) is 9.52 Å². The molecule has 1 heterocycles. The highest BCUT2D eigenvalue weighted by Gasteiger charge is 2.37. The van der Waals surface area contributed by atoms with Gasteiger partial charge in [0, 0.05) is 17.7 Å². The molecule has 2 aromatic rings. The third-order valence-corrected chi connectivity index (χ3v) is 7.08. The van der Waals surface area contributed by atoms with E-state index in [0.717, 1.165) is 10.7 Å². The number of methoxy groups -OCH3 is 2. The van der Waals surface area contributed by atoms with Crippen LogP contribution in [0.1, 0.15) is 30.5 Å². The molecule has 0 radical (unpaired) electrons. The van der Waals surface area contributed by atoms with Gasteiger partial charge in [-0.05, 0) is 42.8 Å². The number of sulfonamides is 2. The molecule has 0 bridgehead atoms. The molecular weight excluding hydrogens is 442 g/mol. The molecule has 9 nitrogen and oxygen atoms in total. The van der Waals surface area contributed by atoms with Crippen molar-refractivity contribution in [1.29, 1.82) is 0 Å². The van der Waals surface area contributed by atoms with E-state index in [-0.39, 0.29) is 5.75 Å². The quantitative estimate of drug-likeness (QED) is 0.638. The molecule has 0 aliphatic carbocycles. The van der Waals surface area contributed by atoms with Gasteiger partial charge in [-0.3, -0.25) is 4.72 Å². The first kappa shape index (κ1) is 22.9. The van der Waals surface area contributed by atoms with Gasteiger partial charge in [0.25, 0.3) is 0 Å².